The van der Waals surface area contributed by atoms with E-state index in [0.717, 1.165) is 19.3 Å². The normalized spacial score (nSPS) is 35.4. The van der Waals surface area contributed by atoms with E-state index in [-0.39, 0.29) is 18.4 Å². The van der Waals surface area contributed by atoms with Gasteiger partial charge in [-0.05, 0) is 12.8 Å². The summed E-state index contributed by atoms with van der Waals surface area (Å²) in [5, 5.41) is 28.9. The van der Waals surface area contributed by atoms with Gasteiger partial charge in [-0.25, -0.2) is 4.39 Å². The van der Waals surface area contributed by atoms with Crippen molar-refractivity contribution in [2.75, 3.05) is 0 Å². The number of carboxylic acids is 1. The summed E-state index contributed by atoms with van der Waals surface area (Å²) < 4.78 is 20.6. The predicted molar refractivity (Wildman–Crippen MR) is 96.5 cm³/mol. The van der Waals surface area contributed by atoms with Gasteiger partial charge in [-0.2, -0.15) is 0 Å². The molecule has 1 saturated heterocycles. The molecule has 0 amide bonds. The van der Waals surface area contributed by atoms with Gasteiger partial charge >= 0.3 is 5.97 Å². The second-order valence-corrected chi connectivity index (χ2v) is 7.35. The summed E-state index contributed by atoms with van der Waals surface area (Å²) in [7, 11) is 0. The quantitative estimate of drug-likeness (QED) is 0.406. The Morgan fingerprint density at radius 2 is 2.12 bits per heavy atom. The third kappa shape index (κ3) is 5.63. The highest BCUT2D eigenvalue weighted by atomic mass is 19.1. The Morgan fingerprint density at radius 3 is 2.81 bits per heavy atom. The lowest BCUT2D eigenvalue weighted by atomic mass is 9.88. The third-order valence-corrected chi connectivity index (χ3v) is 5.31. The number of fused-ring (bicyclic) bond motifs is 1. The molecule has 2 fully saturated rings. The molecule has 0 bridgehead atoms. The van der Waals surface area contributed by atoms with E-state index >= 15 is 0 Å². The van der Waals surface area contributed by atoms with Gasteiger partial charge in [0.1, 0.15) is 12.3 Å². The summed E-state index contributed by atoms with van der Waals surface area (Å²) in [5.41, 5.74) is 0. The molecule has 1 aliphatic carbocycles. The lowest BCUT2D eigenvalue weighted by molar-refractivity contribution is -0.136. The number of halogens is 1. The first-order chi connectivity index (χ1) is 12.4. The van der Waals surface area contributed by atoms with Gasteiger partial charge in [0.15, 0.2) is 0 Å². The summed E-state index contributed by atoms with van der Waals surface area (Å²) in [6.07, 6.45) is 7.64. The number of rotatable bonds is 10. The molecular formula is C20H31FO5. The second kappa shape index (κ2) is 10.2. The molecule has 3 N–H and O–H groups in total. The minimum atomic E-state index is -1.25. The molecule has 26 heavy (non-hydrogen) atoms. The monoisotopic (exact) mass is 370 g/mol. The first kappa shape index (κ1) is 21.1. The molecule has 0 aromatic carbocycles. The topological polar surface area (TPSA) is 87.0 Å². The van der Waals surface area contributed by atoms with Crippen molar-refractivity contribution < 1.29 is 29.2 Å². The number of carboxylic acid groups (broad SMARTS) is 1. The largest absolute Gasteiger partial charge is 0.481 e. The van der Waals surface area contributed by atoms with Crippen LogP contribution in [0.3, 0.4) is 0 Å². The average Bonchev–Trinajstić information content (AvgIpc) is 3.05. The number of hydrogen-bond acceptors (Lipinski definition) is 4. The zero-order valence-electron chi connectivity index (χ0n) is 15.3. The number of ether oxygens (including phenoxy) is 1. The molecule has 1 saturated carbocycles. The fourth-order valence-corrected chi connectivity index (χ4v) is 3.92. The molecule has 5 nitrogen and oxygen atoms in total. The molecular weight excluding hydrogens is 339 g/mol. The Balaban J connectivity index is 1.90. The zero-order chi connectivity index (χ0) is 19.1. The molecule has 1 heterocycles. The van der Waals surface area contributed by atoms with Crippen molar-refractivity contribution in [2.24, 2.45) is 11.8 Å². The van der Waals surface area contributed by atoms with Crippen LogP contribution in [-0.4, -0.2) is 51.9 Å². The van der Waals surface area contributed by atoms with E-state index in [1.54, 1.807) is 24.3 Å². The number of allylic oxidation sites excluding steroid dienone is 1. The Bertz CT molecular complexity index is 506. The van der Waals surface area contributed by atoms with E-state index in [4.69, 9.17) is 9.84 Å². The summed E-state index contributed by atoms with van der Waals surface area (Å²) >= 11 is 0. The molecule has 1 aliphatic heterocycles. The molecule has 7 atom stereocenters. The van der Waals surface area contributed by atoms with Crippen LogP contribution in [0.1, 0.15) is 51.9 Å². The Morgan fingerprint density at radius 1 is 1.35 bits per heavy atom. The number of unbranched alkanes of at least 4 members (excludes halogenated alkanes) is 2. The highest BCUT2D eigenvalue weighted by molar-refractivity contribution is 5.66. The molecule has 0 aromatic rings. The van der Waals surface area contributed by atoms with E-state index in [1.165, 1.54) is 0 Å². The number of carbonyl (C=O) groups is 1. The maximum absolute atomic E-state index is 14.8. The van der Waals surface area contributed by atoms with Gasteiger partial charge in [-0.15, -0.1) is 0 Å². The smallest absolute Gasteiger partial charge is 0.303 e. The zero-order valence-corrected chi connectivity index (χ0v) is 15.3. The van der Waals surface area contributed by atoms with Crippen molar-refractivity contribution in [3.63, 3.8) is 0 Å². The van der Waals surface area contributed by atoms with Gasteiger partial charge in [0.05, 0.1) is 18.3 Å². The lowest BCUT2D eigenvalue weighted by Gasteiger charge is -2.20. The number of aliphatic hydroxyl groups excluding tert-OH is 2. The fourth-order valence-electron chi connectivity index (χ4n) is 3.92. The molecule has 0 spiro atoms. The van der Waals surface area contributed by atoms with Crippen molar-refractivity contribution in [2.45, 2.75) is 82.5 Å². The molecule has 2 rings (SSSR count). The van der Waals surface area contributed by atoms with Crippen LogP contribution in [0.2, 0.25) is 0 Å². The first-order valence-corrected chi connectivity index (χ1v) is 9.66. The standard InChI is InChI=1S/C20H31FO5/c1-2-3-4-7-13(22)10-11-14-15(23)12-17-19(14)20(21)16(26-17)8-5-6-9-18(24)25/h5,8,10-11,13-17,19-20,22-23H,2-4,6-7,9,12H2,1H3,(H,24,25)/t13-,14+,15-,16-,17-,19-,20-/m1/s1. The van der Waals surface area contributed by atoms with Crippen LogP contribution in [0.25, 0.3) is 0 Å². The van der Waals surface area contributed by atoms with E-state index in [1.807, 2.05) is 0 Å². The predicted octanol–water partition coefficient (Wildman–Crippen LogP) is 3.01. The van der Waals surface area contributed by atoms with Gasteiger partial charge in [-0.1, -0.05) is 50.5 Å². The number of aliphatic hydroxyl groups is 2. The lowest BCUT2D eigenvalue weighted by Crippen LogP contribution is -2.28. The van der Waals surface area contributed by atoms with Crippen molar-refractivity contribution >= 4 is 5.97 Å². The van der Waals surface area contributed by atoms with Crippen LogP contribution in [-0.2, 0) is 9.53 Å². The van der Waals surface area contributed by atoms with Crippen LogP contribution >= 0.6 is 0 Å². The summed E-state index contributed by atoms with van der Waals surface area (Å²) in [5.74, 6) is -1.69. The van der Waals surface area contributed by atoms with Gasteiger partial charge in [-0.3, -0.25) is 4.79 Å². The van der Waals surface area contributed by atoms with Gasteiger partial charge in [0.2, 0.25) is 0 Å². The van der Waals surface area contributed by atoms with E-state index in [9.17, 15) is 19.4 Å². The SMILES string of the molecule is CCCCC[C@@H](O)C=C[C@@H]1[C@H]2[C@H](F)[C@@H](C=CCCC(=O)O)O[C@@H]2C[C@H]1O. The number of aliphatic carboxylic acids is 1. The minimum absolute atomic E-state index is 0.00697. The Kier molecular flexibility index (Phi) is 8.25. The van der Waals surface area contributed by atoms with E-state index in [0.29, 0.717) is 19.3 Å². The van der Waals surface area contributed by atoms with Crippen molar-refractivity contribution in [3.8, 4) is 0 Å². The average molecular weight is 370 g/mol. The highest BCUT2D eigenvalue weighted by Crippen LogP contribution is 2.46. The minimum Gasteiger partial charge on any atom is -0.481 e. The van der Waals surface area contributed by atoms with E-state index < -0.39 is 36.4 Å². The first-order valence-electron chi connectivity index (χ1n) is 9.66. The summed E-state index contributed by atoms with van der Waals surface area (Å²) in [6, 6.07) is 0. The van der Waals surface area contributed by atoms with Crippen LogP contribution < -0.4 is 0 Å². The van der Waals surface area contributed by atoms with Crippen LogP contribution in [0.15, 0.2) is 24.3 Å². The van der Waals surface area contributed by atoms with Crippen molar-refractivity contribution in [1.29, 1.82) is 0 Å². The maximum Gasteiger partial charge on any atom is 0.303 e. The van der Waals surface area contributed by atoms with Gasteiger partial charge in [0.25, 0.3) is 0 Å². The van der Waals surface area contributed by atoms with Gasteiger partial charge < -0.3 is 20.1 Å². The van der Waals surface area contributed by atoms with Crippen molar-refractivity contribution in [1.82, 2.24) is 0 Å². The third-order valence-electron chi connectivity index (χ3n) is 5.31. The van der Waals surface area contributed by atoms with Gasteiger partial charge in [0, 0.05) is 24.7 Å². The molecule has 6 heteroatoms. The van der Waals surface area contributed by atoms with Crippen LogP contribution in [0.5, 0.6) is 0 Å². The molecule has 0 unspecified atom stereocenters. The molecule has 0 radical (unpaired) electrons. The van der Waals surface area contributed by atoms with Crippen molar-refractivity contribution in [3.05, 3.63) is 24.3 Å². The number of hydrogen-bond donors (Lipinski definition) is 3. The molecule has 148 valence electrons. The molecule has 0 aromatic heterocycles. The van der Waals surface area contributed by atoms with Crippen LogP contribution in [0, 0.1) is 11.8 Å². The summed E-state index contributed by atoms with van der Waals surface area (Å²) in [6.45, 7) is 2.10. The van der Waals surface area contributed by atoms with E-state index in [2.05, 4.69) is 6.92 Å². The number of alkyl halides is 1. The van der Waals surface area contributed by atoms with Crippen LogP contribution in [0.4, 0.5) is 4.39 Å². The maximum atomic E-state index is 14.8. The highest BCUT2D eigenvalue weighted by Gasteiger charge is 2.53. The molecule has 2 aliphatic rings. The fraction of sp³-hybridized carbons (Fsp3) is 0.750. The summed E-state index contributed by atoms with van der Waals surface area (Å²) in [4.78, 5) is 10.5. The Labute approximate surface area is 154 Å². The Hall–Kier alpha value is -1.24. The second-order valence-electron chi connectivity index (χ2n) is 7.35.